The highest BCUT2D eigenvalue weighted by molar-refractivity contribution is 5.67. The maximum atomic E-state index is 11.9. The molecule has 1 saturated heterocycles. The summed E-state index contributed by atoms with van der Waals surface area (Å²) in [5.41, 5.74) is 1.26. The van der Waals surface area contributed by atoms with E-state index in [0.717, 1.165) is 6.42 Å². The highest BCUT2D eigenvalue weighted by Crippen LogP contribution is 2.20. The lowest BCUT2D eigenvalue weighted by Gasteiger charge is -2.39. The monoisotopic (exact) mass is 320 g/mol. The number of rotatable bonds is 6. The van der Waals surface area contributed by atoms with Crippen molar-refractivity contribution in [1.29, 1.82) is 0 Å². The first-order valence-electron chi connectivity index (χ1n) is 8.50. The average Bonchev–Trinajstić information content (AvgIpc) is 2.57. The predicted molar refractivity (Wildman–Crippen MR) is 90.4 cm³/mol. The number of carbonyl (C=O) groups is 1. The normalized spacial score (nSPS) is 22.7. The van der Waals surface area contributed by atoms with Gasteiger partial charge >= 0.3 is 6.09 Å². The van der Waals surface area contributed by atoms with Crippen LogP contribution in [-0.2, 0) is 9.47 Å². The number of ether oxygens (including phenoxy) is 2. The first kappa shape index (κ1) is 17.8. The van der Waals surface area contributed by atoms with Crippen molar-refractivity contribution in [3.05, 3.63) is 35.9 Å². The fourth-order valence-electron chi connectivity index (χ4n) is 3.03. The molecule has 0 aromatic heterocycles. The van der Waals surface area contributed by atoms with Crippen LogP contribution in [0.1, 0.15) is 38.8 Å². The van der Waals surface area contributed by atoms with E-state index in [1.54, 1.807) is 4.90 Å². The molecule has 0 aliphatic carbocycles. The van der Waals surface area contributed by atoms with E-state index in [1.807, 2.05) is 19.9 Å². The summed E-state index contributed by atoms with van der Waals surface area (Å²) in [7, 11) is 0. The van der Waals surface area contributed by atoms with Crippen molar-refractivity contribution >= 4 is 6.09 Å². The standard InChI is InChI=1S/C18H28N2O3/c1-4-22-17-13-20(18(21)23-5-2)12-11-16(17)19-14(3)15-9-7-6-8-10-15/h6-10,14,16-17,19H,4-5,11-13H2,1-3H3/t14-,16?,17?/m1/s1. The first-order valence-corrected chi connectivity index (χ1v) is 8.50. The minimum absolute atomic E-state index is 0.00989. The number of nitrogens with zero attached hydrogens (tertiary/aromatic N) is 1. The Balaban J connectivity index is 1.97. The second kappa shape index (κ2) is 8.89. The van der Waals surface area contributed by atoms with E-state index in [9.17, 15) is 4.79 Å². The van der Waals surface area contributed by atoms with Crippen LogP contribution in [0.3, 0.4) is 0 Å². The minimum atomic E-state index is -0.244. The van der Waals surface area contributed by atoms with Crippen molar-refractivity contribution in [2.45, 2.75) is 45.4 Å². The first-order chi connectivity index (χ1) is 11.2. The van der Waals surface area contributed by atoms with E-state index in [4.69, 9.17) is 9.47 Å². The van der Waals surface area contributed by atoms with E-state index in [1.165, 1.54) is 5.56 Å². The summed E-state index contributed by atoms with van der Waals surface area (Å²) >= 11 is 0. The van der Waals surface area contributed by atoms with E-state index < -0.39 is 0 Å². The summed E-state index contributed by atoms with van der Waals surface area (Å²) in [5.74, 6) is 0. The van der Waals surface area contributed by atoms with Gasteiger partial charge in [-0.3, -0.25) is 0 Å². The molecule has 1 N–H and O–H groups in total. The van der Waals surface area contributed by atoms with Crippen LogP contribution in [0.2, 0.25) is 0 Å². The molecule has 1 aliphatic rings. The van der Waals surface area contributed by atoms with E-state index >= 15 is 0 Å². The molecular formula is C18H28N2O3. The summed E-state index contributed by atoms with van der Waals surface area (Å²) in [5, 5.41) is 3.66. The number of hydrogen-bond acceptors (Lipinski definition) is 4. The molecule has 5 nitrogen and oxygen atoms in total. The molecule has 3 atom stereocenters. The maximum Gasteiger partial charge on any atom is 0.409 e. The molecule has 1 aromatic rings. The van der Waals surface area contributed by atoms with Crippen LogP contribution < -0.4 is 5.32 Å². The molecule has 1 amide bonds. The molecule has 0 saturated carbocycles. The number of likely N-dealkylation sites (tertiary alicyclic amines) is 1. The van der Waals surface area contributed by atoms with Gasteiger partial charge in [0.25, 0.3) is 0 Å². The van der Waals surface area contributed by atoms with Gasteiger partial charge in [0.05, 0.1) is 19.3 Å². The molecule has 128 valence electrons. The zero-order chi connectivity index (χ0) is 16.7. The molecule has 2 rings (SSSR count). The van der Waals surface area contributed by atoms with Gasteiger partial charge in [0, 0.05) is 25.2 Å². The second-order valence-electron chi connectivity index (χ2n) is 5.83. The van der Waals surface area contributed by atoms with Crippen LogP contribution in [0.5, 0.6) is 0 Å². The van der Waals surface area contributed by atoms with Gasteiger partial charge in [0.15, 0.2) is 0 Å². The summed E-state index contributed by atoms with van der Waals surface area (Å²) in [6.07, 6.45) is 0.608. The van der Waals surface area contributed by atoms with Crippen LogP contribution in [0.15, 0.2) is 30.3 Å². The molecule has 2 unspecified atom stereocenters. The Kier molecular flexibility index (Phi) is 6.86. The van der Waals surface area contributed by atoms with Gasteiger partial charge in [0.2, 0.25) is 0 Å². The molecule has 1 aliphatic heterocycles. The Labute approximate surface area is 139 Å². The van der Waals surface area contributed by atoms with Gasteiger partial charge < -0.3 is 19.7 Å². The van der Waals surface area contributed by atoms with E-state index in [0.29, 0.717) is 26.3 Å². The van der Waals surface area contributed by atoms with Gasteiger partial charge in [-0.15, -0.1) is 0 Å². The van der Waals surface area contributed by atoms with Crippen molar-refractivity contribution < 1.29 is 14.3 Å². The molecule has 0 spiro atoms. The second-order valence-corrected chi connectivity index (χ2v) is 5.83. The highest BCUT2D eigenvalue weighted by Gasteiger charge is 2.33. The Bertz CT molecular complexity index is 480. The lowest BCUT2D eigenvalue weighted by molar-refractivity contribution is -0.0185. The third-order valence-corrected chi connectivity index (χ3v) is 4.23. The van der Waals surface area contributed by atoms with Crippen molar-refractivity contribution in [3.63, 3.8) is 0 Å². The third kappa shape index (κ3) is 4.94. The highest BCUT2D eigenvalue weighted by atomic mass is 16.6. The number of hydrogen-bond donors (Lipinski definition) is 1. The van der Waals surface area contributed by atoms with Crippen LogP contribution in [0, 0.1) is 0 Å². The largest absolute Gasteiger partial charge is 0.450 e. The molecule has 1 fully saturated rings. The zero-order valence-electron chi connectivity index (χ0n) is 14.3. The van der Waals surface area contributed by atoms with Gasteiger partial charge in [-0.2, -0.15) is 0 Å². The quantitative estimate of drug-likeness (QED) is 0.875. The zero-order valence-corrected chi connectivity index (χ0v) is 14.3. The number of amides is 1. The topological polar surface area (TPSA) is 50.8 Å². The fourth-order valence-corrected chi connectivity index (χ4v) is 3.03. The van der Waals surface area contributed by atoms with Crippen LogP contribution in [0.4, 0.5) is 4.79 Å². The van der Waals surface area contributed by atoms with Crippen molar-refractivity contribution in [3.8, 4) is 0 Å². The SMILES string of the molecule is CCOC(=O)N1CCC(N[C@H](C)c2ccccc2)C(OCC)C1. The Hall–Kier alpha value is -1.59. The Morgan fingerprint density at radius 3 is 2.70 bits per heavy atom. The molecule has 0 radical (unpaired) electrons. The summed E-state index contributed by atoms with van der Waals surface area (Å²) < 4.78 is 11.0. The Morgan fingerprint density at radius 1 is 1.30 bits per heavy atom. The molecule has 1 aromatic carbocycles. The lowest BCUT2D eigenvalue weighted by Crippen LogP contribution is -2.55. The summed E-state index contributed by atoms with van der Waals surface area (Å²) in [6.45, 7) is 8.29. The van der Waals surface area contributed by atoms with Crippen LogP contribution >= 0.6 is 0 Å². The summed E-state index contributed by atoms with van der Waals surface area (Å²) in [6, 6.07) is 10.9. The van der Waals surface area contributed by atoms with Crippen LogP contribution in [0.25, 0.3) is 0 Å². The summed E-state index contributed by atoms with van der Waals surface area (Å²) in [4.78, 5) is 13.7. The number of nitrogens with one attached hydrogen (secondary N) is 1. The number of piperidine rings is 1. The Morgan fingerprint density at radius 2 is 2.04 bits per heavy atom. The fraction of sp³-hybridized carbons (Fsp3) is 0.611. The molecule has 23 heavy (non-hydrogen) atoms. The average molecular weight is 320 g/mol. The van der Waals surface area contributed by atoms with Crippen LogP contribution in [-0.4, -0.2) is 49.4 Å². The van der Waals surface area contributed by atoms with Gasteiger partial charge in [-0.1, -0.05) is 30.3 Å². The number of benzene rings is 1. The lowest BCUT2D eigenvalue weighted by atomic mass is 9.99. The third-order valence-electron chi connectivity index (χ3n) is 4.23. The molecule has 5 heteroatoms. The molecular weight excluding hydrogens is 292 g/mol. The molecule has 0 bridgehead atoms. The minimum Gasteiger partial charge on any atom is -0.450 e. The van der Waals surface area contributed by atoms with Crippen molar-refractivity contribution in [1.82, 2.24) is 10.2 Å². The van der Waals surface area contributed by atoms with E-state index in [2.05, 4.69) is 36.5 Å². The van der Waals surface area contributed by atoms with Gasteiger partial charge in [0.1, 0.15) is 0 Å². The number of carbonyl (C=O) groups excluding carboxylic acids is 1. The van der Waals surface area contributed by atoms with Gasteiger partial charge in [-0.25, -0.2) is 4.79 Å². The van der Waals surface area contributed by atoms with Crippen molar-refractivity contribution in [2.24, 2.45) is 0 Å². The van der Waals surface area contributed by atoms with Crippen molar-refractivity contribution in [2.75, 3.05) is 26.3 Å². The maximum absolute atomic E-state index is 11.9. The predicted octanol–water partition coefficient (Wildman–Crippen LogP) is 2.97. The van der Waals surface area contributed by atoms with Gasteiger partial charge in [-0.05, 0) is 32.8 Å². The smallest absolute Gasteiger partial charge is 0.409 e. The van der Waals surface area contributed by atoms with E-state index in [-0.39, 0.29) is 24.3 Å². The molecule has 1 heterocycles.